The van der Waals surface area contributed by atoms with Crippen molar-refractivity contribution in [1.29, 1.82) is 0 Å². The molecule has 0 aromatic carbocycles. The van der Waals surface area contributed by atoms with Crippen LogP contribution in [-0.2, 0) is 0 Å². The molecule has 6 heavy (non-hydrogen) atoms. The molecule has 0 aliphatic carbocycles. The van der Waals surface area contributed by atoms with Crippen LogP contribution in [0, 0.1) is 0 Å². The molecule has 0 aliphatic heterocycles. The van der Waals surface area contributed by atoms with Crippen molar-refractivity contribution in [1.82, 2.24) is 0 Å². The quantitative estimate of drug-likeness (QED) is 0.215. The Morgan fingerprint density at radius 2 is 0.833 bits per heavy atom. The van der Waals surface area contributed by atoms with Crippen LogP contribution in [0.5, 0.6) is 0 Å². The maximum absolute atomic E-state index is 7.33. The molecule has 0 bridgehead atoms. The molecule has 0 fully saturated rings. The molecule has 0 saturated heterocycles. The number of hydrogen-bond acceptors (Lipinski definition) is 4. The summed E-state index contributed by atoms with van der Waals surface area (Å²) in [5.41, 5.74) is 0. The van der Waals surface area contributed by atoms with Gasteiger partial charge in [-0.15, -0.1) is 0 Å². The van der Waals surface area contributed by atoms with E-state index in [2.05, 4.69) is 0 Å². The average Bonchev–Trinajstić information content (AvgIpc) is 0.722. The maximum Gasteiger partial charge on any atom is 0.668 e. The lowest BCUT2D eigenvalue weighted by atomic mass is 15.7. The highest BCUT2D eigenvalue weighted by Gasteiger charge is 2.22. The van der Waals surface area contributed by atoms with Crippen molar-refractivity contribution in [3.63, 3.8) is 0 Å². The van der Waals surface area contributed by atoms with Gasteiger partial charge in [-0.2, -0.15) is 9.90 Å². The van der Waals surface area contributed by atoms with E-state index in [9.17, 15) is 0 Å². The number of rotatable bonds is 0. The third kappa shape index (κ3) is 230. The van der Waals surface area contributed by atoms with Crippen molar-refractivity contribution in [2.75, 3.05) is 0 Å². The molecule has 1 unspecified atom stereocenters. The summed E-state index contributed by atoms with van der Waals surface area (Å²) in [6, 6.07) is 0. The van der Waals surface area contributed by atoms with Crippen LogP contribution in [0.1, 0.15) is 0 Å². The van der Waals surface area contributed by atoms with Crippen LogP contribution in [0.4, 0.5) is 0 Å². The molecule has 0 aliphatic rings. The first-order valence-corrected chi connectivity index (χ1v) is 2.68. The minimum Gasteiger partial charge on any atom is -0.368 e. The molecule has 0 spiro atoms. The zero-order valence-electron chi connectivity index (χ0n) is 3.00. The van der Waals surface area contributed by atoms with Gasteiger partial charge in [0.1, 0.15) is 0 Å². The molecule has 40 valence electrons. The van der Waals surface area contributed by atoms with Gasteiger partial charge in [-0.3, -0.25) is 0 Å². The molecule has 1 atom stereocenters. The zero-order chi connectivity index (χ0) is 4.50. The predicted octanol–water partition coefficient (Wildman–Crippen LogP) is -2.55. The summed E-state index contributed by atoms with van der Waals surface area (Å²) in [7, 11) is -4.61. The Labute approximate surface area is 39.2 Å². The fraction of sp³-hybridized carbons (Fsp3) is 0. The van der Waals surface area contributed by atoms with Crippen LogP contribution in [0.15, 0.2) is 0 Å². The van der Waals surface area contributed by atoms with E-state index in [0.29, 0.717) is 0 Å². The van der Waals surface area contributed by atoms with Crippen LogP contribution >= 0.6 is 9.90 Å². The highest BCUT2D eigenvalue weighted by molar-refractivity contribution is 6.92. The van der Waals surface area contributed by atoms with Gasteiger partial charge in [0.05, 0.1) is 0 Å². The van der Waals surface area contributed by atoms with Crippen molar-refractivity contribution < 1.29 is 19.2 Å². The molecule has 0 radical (unpaired) electrons. The molecule has 0 aromatic heterocycles. The fourth-order valence-corrected chi connectivity index (χ4v) is 0. The van der Waals surface area contributed by atoms with Crippen molar-refractivity contribution in [2.24, 2.45) is 0 Å². The topological polar surface area (TPSA) is 80.9 Å². The minimum absolute atomic E-state index is 0. The third-order valence-electron chi connectivity index (χ3n) is 0. The van der Waals surface area contributed by atoms with E-state index in [-0.39, 0.29) is 9.90 Å². The zero-order valence-corrected chi connectivity index (χ0v) is 5.41. The number of hydrogen-bond donors (Lipinski definition) is 4. The van der Waals surface area contributed by atoms with Gasteiger partial charge in [0.2, 0.25) is 0 Å². The van der Waals surface area contributed by atoms with E-state index in [0.717, 1.165) is 0 Å². The van der Waals surface area contributed by atoms with Gasteiger partial charge in [0.25, 0.3) is 0 Å². The van der Waals surface area contributed by atoms with Crippen LogP contribution in [-0.4, -0.2) is 28.2 Å². The molecule has 6 heteroatoms. The van der Waals surface area contributed by atoms with E-state index >= 15 is 0 Å². The Morgan fingerprint density at radius 1 is 0.833 bits per heavy atom. The highest BCUT2D eigenvalue weighted by Crippen LogP contribution is 1.67. The van der Waals surface area contributed by atoms with Gasteiger partial charge >= 0.3 is 9.05 Å². The summed E-state index contributed by atoms with van der Waals surface area (Å²) in [5.74, 6) is 0. The summed E-state index contributed by atoms with van der Waals surface area (Å²) in [4.78, 5) is 29.3. The van der Waals surface area contributed by atoms with Crippen LogP contribution in [0.25, 0.3) is 0 Å². The second kappa shape index (κ2) is 2.63. The van der Waals surface area contributed by atoms with E-state index < -0.39 is 9.05 Å². The Bertz CT molecular complexity index is 23.0. The summed E-state index contributed by atoms with van der Waals surface area (Å²) < 4.78 is 0. The molecular weight excluding hydrogens is 123 g/mol. The lowest BCUT2D eigenvalue weighted by molar-refractivity contribution is 0.117. The Hall–Kier alpha value is 0.487. The fourth-order valence-electron chi connectivity index (χ4n) is 0. The molecular formula is H7O4PSi. The smallest absolute Gasteiger partial charge is 0.368 e. The third-order valence-corrected chi connectivity index (χ3v) is 0. The summed E-state index contributed by atoms with van der Waals surface area (Å²) in [6.07, 6.45) is 0. The molecule has 0 amide bonds. The minimum atomic E-state index is -4.61. The highest BCUT2D eigenvalue weighted by atomic mass is 31.0. The van der Waals surface area contributed by atoms with Crippen LogP contribution in [0.3, 0.4) is 0 Å². The Balaban J connectivity index is 0. The van der Waals surface area contributed by atoms with Gasteiger partial charge in [-0.25, -0.2) is 0 Å². The largest absolute Gasteiger partial charge is 0.668 e. The van der Waals surface area contributed by atoms with Crippen molar-refractivity contribution in [3.8, 4) is 0 Å². The molecule has 4 nitrogen and oxygen atoms in total. The van der Waals surface area contributed by atoms with E-state index in [1.54, 1.807) is 0 Å². The molecule has 0 saturated carbocycles. The summed E-state index contributed by atoms with van der Waals surface area (Å²) in [5, 5.41) is 0. The predicted molar refractivity (Wildman–Crippen MR) is 25.7 cm³/mol. The molecule has 4 N–H and O–H groups in total. The standard InChI is InChI=1S/H4O4Si.H3P/c1-5(2,3)4;/h1-4H;1H3. The lowest BCUT2D eigenvalue weighted by Gasteiger charge is -1.91. The molecule has 0 rings (SSSR count). The Morgan fingerprint density at radius 3 is 0.833 bits per heavy atom. The van der Waals surface area contributed by atoms with Crippen molar-refractivity contribution in [2.45, 2.75) is 0 Å². The van der Waals surface area contributed by atoms with Gasteiger partial charge in [-0.1, -0.05) is 0 Å². The van der Waals surface area contributed by atoms with Crippen molar-refractivity contribution in [3.05, 3.63) is 0 Å². The summed E-state index contributed by atoms with van der Waals surface area (Å²) in [6.45, 7) is 0. The first-order valence-electron chi connectivity index (χ1n) is 0.894. The molecule has 0 heterocycles. The normalized spacial score (nSPS) is 10.0. The van der Waals surface area contributed by atoms with Gasteiger partial charge in [0.15, 0.2) is 0 Å². The van der Waals surface area contributed by atoms with Gasteiger partial charge in [0, 0.05) is 0 Å². The van der Waals surface area contributed by atoms with Gasteiger partial charge < -0.3 is 19.2 Å². The van der Waals surface area contributed by atoms with Crippen molar-refractivity contribution >= 4 is 18.9 Å². The first kappa shape index (κ1) is 9.70. The van der Waals surface area contributed by atoms with Crippen LogP contribution < -0.4 is 0 Å². The Kier molecular flexibility index (Phi) is 4.24. The average molecular weight is 130 g/mol. The van der Waals surface area contributed by atoms with E-state index in [1.807, 2.05) is 0 Å². The first-order chi connectivity index (χ1) is 2.00. The second-order valence-corrected chi connectivity index (χ2v) is 1.80. The second-order valence-electron chi connectivity index (χ2n) is 0.600. The van der Waals surface area contributed by atoms with Gasteiger partial charge in [-0.05, 0) is 0 Å². The SMILES string of the molecule is O[Si](O)(O)O.P. The monoisotopic (exact) mass is 130 g/mol. The van der Waals surface area contributed by atoms with Crippen LogP contribution in [0.2, 0.25) is 0 Å². The summed E-state index contributed by atoms with van der Waals surface area (Å²) >= 11 is 0. The van der Waals surface area contributed by atoms with E-state index in [1.165, 1.54) is 0 Å². The molecule has 0 aromatic rings. The van der Waals surface area contributed by atoms with E-state index in [4.69, 9.17) is 19.2 Å². The maximum atomic E-state index is 7.33. The lowest BCUT2D eigenvalue weighted by Crippen LogP contribution is -2.33.